The first-order valence-corrected chi connectivity index (χ1v) is 7.06. The number of benzene rings is 2. The Labute approximate surface area is 124 Å². The van der Waals surface area contributed by atoms with Crippen molar-refractivity contribution >= 4 is 33.8 Å². The van der Waals surface area contributed by atoms with Crippen molar-refractivity contribution in [2.45, 2.75) is 0 Å². The van der Waals surface area contributed by atoms with Gasteiger partial charge in [-0.05, 0) is 36.4 Å². The average Bonchev–Trinajstić information content (AvgIpc) is 2.90. The van der Waals surface area contributed by atoms with Crippen molar-refractivity contribution < 1.29 is 5.11 Å². The first-order chi connectivity index (χ1) is 9.72. The molecule has 4 nitrogen and oxygen atoms in total. The summed E-state index contributed by atoms with van der Waals surface area (Å²) >= 11 is 7.21. The molecule has 0 saturated carbocycles. The average molecular weight is 304 g/mol. The molecule has 0 aliphatic heterocycles. The van der Waals surface area contributed by atoms with Crippen molar-refractivity contribution in [3.05, 3.63) is 53.6 Å². The fourth-order valence-corrected chi connectivity index (χ4v) is 2.62. The first kappa shape index (κ1) is 12.9. The third-order valence-electron chi connectivity index (χ3n) is 2.65. The van der Waals surface area contributed by atoms with Crippen molar-refractivity contribution in [1.82, 2.24) is 10.2 Å². The van der Waals surface area contributed by atoms with Gasteiger partial charge in [-0.15, -0.1) is 10.2 Å². The topological polar surface area (TPSA) is 58.0 Å². The number of phenolic OH excluding ortho intramolecular Hbond substituents is 1. The largest absolute Gasteiger partial charge is 0.507 e. The molecule has 0 bridgehead atoms. The summed E-state index contributed by atoms with van der Waals surface area (Å²) in [7, 11) is 0. The zero-order valence-electron chi connectivity index (χ0n) is 10.2. The molecule has 0 spiro atoms. The Balaban J connectivity index is 1.84. The third-order valence-corrected chi connectivity index (χ3v) is 3.78. The predicted molar refractivity (Wildman–Crippen MR) is 81.7 cm³/mol. The number of phenols is 1. The molecule has 0 atom stereocenters. The van der Waals surface area contributed by atoms with Crippen LogP contribution in [0, 0.1) is 0 Å². The molecular formula is C14H10ClN3OS. The smallest absolute Gasteiger partial charge is 0.210 e. The van der Waals surface area contributed by atoms with E-state index in [2.05, 4.69) is 15.5 Å². The summed E-state index contributed by atoms with van der Waals surface area (Å²) in [5.74, 6) is 0.196. The lowest BCUT2D eigenvalue weighted by atomic mass is 10.2. The first-order valence-electron chi connectivity index (χ1n) is 5.87. The lowest BCUT2D eigenvalue weighted by Gasteiger charge is -2.01. The normalized spacial score (nSPS) is 10.4. The Morgan fingerprint density at radius 1 is 1.00 bits per heavy atom. The standard InChI is InChI=1S/C14H10ClN3OS/c15-9-5-7-10(8-6-9)16-14-18-17-13(20-14)11-3-1-2-4-12(11)19/h1-8,19H,(H,16,18). The summed E-state index contributed by atoms with van der Waals surface area (Å²) < 4.78 is 0. The van der Waals surface area contributed by atoms with Crippen molar-refractivity contribution in [1.29, 1.82) is 0 Å². The van der Waals surface area contributed by atoms with Gasteiger partial charge < -0.3 is 10.4 Å². The third kappa shape index (κ3) is 2.74. The van der Waals surface area contributed by atoms with Crippen LogP contribution in [0.3, 0.4) is 0 Å². The van der Waals surface area contributed by atoms with E-state index in [4.69, 9.17) is 11.6 Å². The van der Waals surface area contributed by atoms with Crippen molar-refractivity contribution in [2.75, 3.05) is 5.32 Å². The Hall–Kier alpha value is -2.11. The molecular weight excluding hydrogens is 294 g/mol. The van der Waals surface area contributed by atoms with Crippen LogP contribution in [-0.4, -0.2) is 15.3 Å². The van der Waals surface area contributed by atoms with Crippen LogP contribution in [0.25, 0.3) is 10.6 Å². The van der Waals surface area contributed by atoms with Crippen LogP contribution in [-0.2, 0) is 0 Å². The van der Waals surface area contributed by atoms with Gasteiger partial charge in [-0.1, -0.05) is 35.1 Å². The summed E-state index contributed by atoms with van der Waals surface area (Å²) in [6.07, 6.45) is 0. The van der Waals surface area contributed by atoms with E-state index in [-0.39, 0.29) is 5.75 Å². The molecule has 100 valence electrons. The van der Waals surface area contributed by atoms with Crippen molar-refractivity contribution in [3.8, 4) is 16.3 Å². The number of anilines is 2. The zero-order chi connectivity index (χ0) is 13.9. The Kier molecular flexibility index (Phi) is 3.54. The van der Waals surface area contributed by atoms with Crippen LogP contribution < -0.4 is 5.32 Å². The second-order valence-corrected chi connectivity index (χ2v) is 5.48. The number of nitrogens with one attached hydrogen (secondary N) is 1. The molecule has 3 aromatic rings. The van der Waals surface area contributed by atoms with Gasteiger partial charge >= 0.3 is 0 Å². The van der Waals surface area contributed by atoms with E-state index >= 15 is 0 Å². The van der Waals surface area contributed by atoms with Crippen molar-refractivity contribution in [3.63, 3.8) is 0 Å². The summed E-state index contributed by atoms with van der Waals surface area (Å²) in [6, 6.07) is 14.4. The summed E-state index contributed by atoms with van der Waals surface area (Å²) in [6.45, 7) is 0. The van der Waals surface area contributed by atoms with Gasteiger partial charge in [0.05, 0.1) is 5.56 Å². The Bertz CT molecular complexity index is 727. The van der Waals surface area contributed by atoms with Gasteiger partial charge in [-0.3, -0.25) is 0 Å². The number of para-hydroxylation sites is 1. The quantitative estimate of drug-likeness (QED) is 0.757. The fourth-order valence-electron chi connectivity index (χ4n) is 1.69. The van der Waals surface area contributed by atoms with E-state index in [0.29, 0.717) is 20.7 Å². The number of rotatable bonds is 3. The minimum absolute atomic E-state index is 0.196. The lowest BCUT2D eigenvalue weighted by Crippen LogP contribution is -1.88. The molecule has 0 aliphatic carbocycles. The van der Waals surface area contributed by atoms with Gasteiger partial charge in [0.1, 0.15) is 5.75 Å². The second-order valence-electron chi connectivity index (χ2n) is 4.06. The molecule has 1 heterocycles. The molecule has 2 N–H and O–H groups in total. The number of hydrogen-bond donors (Lipinski definition) is 2. The maximum atomic E-state index is 9.80. The molecule has 0 unspecified atom stereocenters. The molecule has 0 aliphatic rings. The van der Waals surface area contributed by atoms with Gasteiger partial charge in [0.25, 0.3) is 0 Å². The van der Waals surface area contributed by atoms with Crippen LogP contribution >= 0.6 is 22.9 Å². The van der Waals surface area contributed by atoms with Crippen LogP contribution in [0.4, 0.5) is 10.8 Å². The number of aromatic nitrogens is 2. The van der Waals surface area contributed by atoms with Gasteiger partial charge in [0.15, 0.2) is 5.01 Å². The minimum Gasteiger partial charge on any atom is -0.507 e. The number of hydrogen-bond acceptors (Lipinski definition) is 5. The lowest BCUT2D eigenvalue weighted by molar-refractivity contribution is 0.477. The van der Waals surface area contributed by atoms with Crippen LogP contribution in [0.5, 0.6) is 5.75 Å². The number of aromatic hydroxyl groups is 1. The molecule has 2 aromatic carbocycles. The van der Waals surface area contributed by atoms with Crippen LogP contribution in [0.1, 0.15) is 0 Å². The molecule has 0 saturated heterocycles. The molecule has 0 radical (unpaired) electrons. The zero-order valence-corrected chi connectivity index (χ0v) is 11.8. The van der Waals surface area contributed by atoms with E-state index in [9.17, 15) is 5.11 Å². The van der Waals surface area contributed by atoms with E-state index in [1.54, 1.807) is 24.3 Å². The molecule has 1 aromatic heterocycles. The van der Waals surface area contributed by atoms with E-state index in [1.165, 1.54) is 11.3 Å². The van der Waals surface area contributed by atoms with Gasteiger partial charge in [-0.25, -0.2) is 0 Å². The van der Waals surface area contributed by atoms with E-state index < -0.39 is 0 Å². The molecule has 20 heavy (non-hydrogen) atoms. The maximum Gasteiger partial charge on any atom is 0.210 e. The molecule has 0 amide bonds. The van der Waals surface area contributed by atoms with Gasteiger partial charge in [0.2, 0.25) is 5.13 Å². The van der Waals surface area contributed by atoms with Gasteiger partial charge in [-0.2, -0.15) is 0 Å². The monoisotopic (exact) mass is 303 g/mol. The summed E-state index contributed by atoms with van der Waals surface area (Å²) in [5, 5.41) is 23.1. The van der Waals surface area contributed by atoms with E-state index in [0.717, 1.165) is 5.69 Å². The van der Waals surface area contributed by atoms with Gasteiger partial charge in [0, 0.05) is 10.7 Å². The highest BCUT2D eigenvalue weighted by atomic mass is 35.5. The summed E-state index contributed by atoms with van der Waals surface area (Å²) in [5.41, 5.74) is 1.56. The predicted octanol–water partition coefficient (Wildman–Crippen LogP) is 4.31. The van der Waals surface area contributed by atoms with E-state index in [1.807, 2.05) is 24.3 Å². The minimum atomic E-state index is 0.196. The van der Waals surface area contributed by atoms with Crippen LogP contribution in [0.15, 0.2) is 48.5 Å². The maximum absolute atomic E-state index is 9.80. The molecule has 0 fully saturated rings. The Morgan fingerprint density at radius 2 is 1.75 bits per heavy atom. The van der Waals surface area contributed by atoms with Crippen molar-refractivity contribution in [2.24, 2.45) is 0 Å². The highest BCUT2D eigenvalue weighted by Gasteiger charge is 2.10. The highest BCUT2D eigenvalue weighted by molar-refractivity contribution is 7.18. The fraction of sp³-hybridized carbons (Fsp3) is 0. The SMILES string of the molecule is Oc1ccccc1-c1nnc(Nc2ccc(Cl)cc2)s1. The molecule has 3 rings (SSSR count). The second kappa shape index (κ2) is 5.48. The number of nitrogens with zero attached hydrogens (tertiary/aromatic N) is 2. The number of halogens is 1. The van der Waals surface area contributed by atoms with Crippen LogP contribution in [0.2, 0.25) is 5.02 Å². The summed E-state index contributed by atoms with van der Waals surface area (Å²) in [4.78, 5) is 0. The Morgan fingerprint density at radius 3 is 2.50 bits per heavy atom. The highest BCUT2D eigenvalue weighted by Crippen LogP contribution is 2.33. The molecule has 6 heteroatoms.